The number of aliphatic imine (C=N–C) groups is 1. The summed E-state index contributed by atoms with van der Waals surface area (Å²) in [5.74, 6) is 0.907. The second kappa shape index (κ2) is 7.58. The fraction of sp³-hybridized carbons (Fsp3) is 0.280. The van der Waals surface area contributed by atoms with Crippen molar-refractivity contribution >= 4 is 17.6 Å². The van der Waals surface area contributed by atoms with E-state index in [1.807, 2.05) is 18.6 Å². The van der Waals surface area contributed by atoms with E-state index in [1.54, 1.807) is 7.11 Å². The van der Waals surface area contributed by atoms with E-state index in [0.29, 0.717) is 6.67 Å². The van der Waals surface area contributed by atoms with Crippen LogP contribution in [0.25, 0.3) is 11.1 Å². The van der Waals surface area contributed by atoms with Crippen molar-refractivity contribution in [1.82, 2.24) is 9.88 Å². The van der Waals surface area contributed by atoms with Crippen LogP contribution in [0.5, 0.6) is 5.75 Å². The van der Waals surface area contributed by atoms with Crippen LogP contribution in [0.1, 0.15) is 22.3 Å². The number of methoxy groups -OCH3 is 1. The highest BCUT2D eigenvalue weighted by Crippen LogP contribution is 2.41. The summed E-state index contributed by atoms with van der Waals surface area (Å²) in [5.41, 5.74) is 9.62. The summed E-state index contributed by atoms with van der Waals surface area (Å²) in [7, 11) is 3.93. The highest BCUT2D eigenvalue weighted by atomic mass is 16.5. The molecule has 0 saturated heterocycles. The van der Waals surface area contributed by atoms with Crippen LogP contribution >= 0.6 is 0 Å². The summed E-state index contributed by atoms with van der Waals surface area (Å²) < 4.78 is 5.82. The molecular formula is C25H26N4O. The molecule has 0 unspecified atom stereocenters. The number of nitrogens with zero attached hydrogens (tertiary/aromatic N) is 4. The van der Waals surface area contributed by atoms with Gasteiger partial charge in [0.15, 0.2) is 0 Å². The second-order valence-electron chi connectivity index (χ2n) is 8.13. The van der Waals surface area contributed by atoms with Gasteiger partial charge in [0.2, 0.25) is 0 Å². The van der Waals surface area contributed by atoms with Crippen molar-refractivity contribution in [2.45, 2.75) is 19.9 Å². The van der Waals surface area contributed by atoms with Crippen LogP contribution < -0.4 is 9.64 Å². The Hall–Kier alpha value is -3.18. The van der Waals surface area contributed by atoms with Crippen molar-refractivity contribution in [2.24, 2.45) is 4.99 Å². The Balaban J connectivity index is 1.63. The Morgan fingerprint density at radius 1 is 1.03 bits per heavy atom. The summed E-state index contributed by atoms with van der Waals surface area (Å²) in [5, 5.41) is 0. The first-order valence-corrected chi connectivity index (χ1v) is 10.3. The number of aryl methyl sites for hydroxylation is 1. The SMILES string of the molecule is COc1cc2c(cc1N1CN=Cc3ccc(-c4cnccc4C)cc31)CN(C)CC2. The Bertz CT molecular complexity index is 1140. The van der Waals surface area contributed by atoms with E-state index >= 15 is 0 Å². The number of likely N-dealkylation sites (N-methyl/N-ethyl adjacent to an activating group) is 1. The lowest BCUT2D eigenvalue weighted by Crippen LogP contribution is -2.28. The molecule has 0 atom stereocenters. The topological polar surface area (TPSA) is 41.0 Å². The fourth-order valence-corrected chi connectivity index (χ4v) is 4.41. The summed E-state index contributed by atoms with van der Waals surface area (Å²) in [4.78, 5) is 13.6. The number of aromatic nitrogens is 1. The molecule has 2 aliphatic rings. The summed E-state index contributed by atoms with van der Waals surface area (Å²) in [6, 6.07) is 13.1. The zero-order chi connectivity index (χ0) is 20.7. The number of pyridine rings is 1. The molecule has 30 heavy (non-hydrogen) atoms. The molecule has 2 aliphatic heterocycles. The third-order valence-electron chi connectivity index (χ3n) is 6.12. The molecule has 3 heterocycles. The van der Waals surface area contributed by atoms with Gasteiger partial charge in [-0.3, -0.25) is 9.98 Å². The van der Waals surface area contributed by atoms with E-state index in [-0.39, 0.29) is 0 Å². The largest absolute Gasteiger partial charge is 0.495 e. The van der Waals surface area contributed by atoms with E-state index in [0.717, 1.165) is 53.3 Å². The lowest BCUT2D eigenvalue weighted by molar-refractivity contribution is 0.312. The number of benzene rings is 2. The molecule has 0 fully saturated rings. The summed E-state index contributed by atoms with van der Waals surface area (Å²) in [6.07, 6.45) is 6.80. The Kier molecular flexibility index (Phi) is 4.75. The standard InChI is InChI=1S/C25H26N4O/c1-17-6-8-26-14-22(17)19-4-5-20-13-27-16-29(23(20)10-19)24-11-21-15-28(2)9-7-18(21)12-25(24)30-3/h4-6,8,10-14H,7,9,15-16H2,1-3H3. The van der Waals surface area contributed by atoms with Gasteiger partial charge in [0, 0.05) is 42.8 Å². The molecule has 0 N–H and O–H groups in total. The lowest BCUT2D eigenvalue weighted by atomic mass is 9.97. The molecule has 2 aromatic carbocycles. The van der Waals surface area contributed by atoms with Crippen LogP contribution in [0.2, 0.25) is 0 Å². The number of anilines is 2. The minimum Gasteiger partial charge on any atom is -0.495 e. The van der Waals surface area contributed by atoms with Gasteiger partial charge in [-0.2, -0.15) is 0 Å². The quantitative estimate of drug-likeness (QED) is 0.647. The van der Waals surface area contributed by atoms with E-state index < -0.39 is 0 Å². The van der Waals surface area contributed by atoms with Gasteiger partial charge in [0.25, 0.3) is 0 Å². The van der Waals surface area contributed by atoms with Crippen LogP contribution in [0, 0.1) is 6.92 Å². The first-order valence-electron chi connectivity index (χ1n) is 10.3. The molecular weight excluding hydrogens is 372 g/mol. The van der Waals surface area contributed by atoms with E-state index in [2.05, 4.69) is 70.1 Å². The Labute approximate surface area is 177 Å². The molecule has 3 aromatic rings. The van der Waals surface area contributed by atoms with Crippen molar-refractivity contribution in [3.8, 4) is 16.9 Å². The first kappa shape index (κ1) is 18.8. The summed E-state index contributed by atoms with van der Waals surface area (Å²) >= 11 is 0. The molecule has 0 aliphatic carbocycles. The van der Waals surface area contributed by atoms with E-state index in [4.69, 9.17) is 4.74 Å². The number of hydrogen-bond donors (Lipinski definition) is 0. The Morgan fingerprint density at radius 3 is 2.77 bits per heavy atom. The number of fused-ring (bicyclic) bond motifs is 2. The van der Waals surface area contributed by atoms with Crippen LogP contribution in [0.3, 0.4) is 0 Å². The minimum atomic E-state index is 0.577. The maximum absolute atomic E-state index is 5.82. The molecule has 5 heteroatoms. The van der Waals surface area contributed by atoms with Crippen molar-refractivity contribution < 1.29 is 4.74 Å². The van der Waals surface area contributed by atoms with Crippen LogP contribution in [0.15, 0.2) is 53.8 Å². The van der Waals surface area contributed by atoms with Crippen molar-refractivity contribution in [1.29, 1.82) is 0 Å². The average Bonchev–Trinajstić information content (AvgIpc) is 2.77. The Morgan fingerprint density at radius 2 is 1.93 bits per heavy atom. The highest BCUT2D eigenvalue weighted by molar-refractivity contribution is 5.94. The van der Waals surface area contributed by atoms with Gasteiger partial charge in [-0.25, -0.2) is 0 Å². The van der Waals surface area contributed by atoms with Crippen molar-refractivity contribution in [3.05, 3.63) is 71.0 Å². The number of ether oxygens (including phenoxy) is 1. The molecule has 0 bridgehead atoms. The second-order valence-corrected chi connectivity index (χ2v) is 8.13. The zero-order valence-corrected chi connectivity index (χ0v) is 17.7. The van der Waals surface area contributed by atoms with Crippen LogP contribution in [-0.2, 0) is 13.0 Å². The van der Waals surface area contributed by atoms with Gasteiger partial charge < -0.3 is 14.5 Å². The van der Waals surface area contributed by atoms with Gasteiger partial charge >= 0.3 is 0 Å². The molecule has 5 nitrogen and oxygen atoms in total. The molecule has 5 rings (SSSR count). The summed E-state index contributed by atoms with van der Waals surface area (Å²) in [6.45, 7) is 4.75. The molecule has 0 amide bonds. The lowest BCUT2D eigenvalue weighted by Gasteiger charge is -2.32. The maximum atomic E-state index is 5.82. The van der Waals surface area contributed by atoms with Gasteiger partial charge in [0.1, 0.15) is 12.4 Å². The highest BCUT2D eigenvalue weighted by Gasteiger charge is 2.23. The van der Waals surface area contributed by atoms with Crippen LogP contribution in [0.4, 0.5) is 11.4 Å². The maximum Gasteiger partial charge on any atom is 0.142 e. The van der Waals surface area contributed by atoms with Crippen LogP contribution in [-0.4, -0.2) is 43.5 Å². The number of rotatable bonds is 3. The van der Waals surface area contributed by atoms with E-state index in [1.165, 1.54) is 16.7 Å². The minimum absolute atomic E-state index is 0.577. The first-order chi connectivity index (χ1) is 14.6. The molecule has 0 radical (unpaired) electrons. The number of hydrogen-bond acceptors (Lipinski definition) is 5. The van der Waals surface area contributed by atoms with Crippen molar-refractivity contribution in [2.75, 3.05) is 32.3 Å². The van der Waals surface area contributed by atoms with Gasteiger partial charge in [-0.1, -0.05) is 12.1 Å². The van der Waals surface area contributed by atoms with E-state index in [9.17, 15) is 0 Å². The third-order valence-corrected chi connectivity index (χ3v) is 6.12. The van der Waals surface area contributed by atoms with Gasteiger partial charge in [-0.15, -0.1) is 0 Å². The smallest absolute Gasteiger partial charge is 0.142 e. The molecule has 0 spiro atoms. The molecule has 152 valence electrons. The predicted molar refractivity (Wildman–Crippen MR) is 122 cm³/mol. The average molecular weight is 399 g/mol. The fourth-order valence-electron chi connectivity index (χ4n) is 4.41. The normalized spacial score (nSPS) is 15.6. The predicted octanol–water partition coefficient (Wildman–Crippen LogP) is 4.58. The van der Waals surface area contributed by atoms with Crippen molar-refractivity contribution in [3.63, 3.8) is 0 Å². The molecule has 1 aromatic heterocycles. The zero-order valence-electron chi connectivity index (χ0n) is 17.7. The van der Waals surface area contributed by atoms with Gasteiger partial charge in [0.05, 0.1) is 18.5 Å². The third kappa shape index (κ3) is 3.25. The molecule has 0 saturated carbocycles. The van der Waals surface area contributed by atoms with Gasteiger partial charge in [-0.05, 0) is 66.9 Å². The monoisotopic (exact) mass is 398 g/mol.